The zero-order valence-corrected chi connectivity index (χ0v) is 11.9. The Balaban J connectivity index is 2.06. The first kappa shape index (κ1) is 13.9. The fourth-order valence-electron chi connectivity index (χ4n) is 1.48. The number of carbonyl (C=O) groups is 1. The molecule has 0 aliphatic rings. The van der Waals surface area contributed by atoms with Gasteiger partial charge in [0, 0.05) is 9.13 Å². The summed E-state index contributed by atoms with van der Waals surface area (Å²) in [6, 6.07) is 10.2. The van der Waals surface area contributed by atoms with E-state index in [1.165, 1.54) is 6.07 Å². The summed E-state index contributed by atoms with van der Waals surface area (Å²) in [4.78, 5) is 11.8. The predicted octanol–water partition coefficient (Wildman–Crippen LogP) is 3.83. The standard InChI is InChI=1S/C14H9F2IO2/c15-11-2-1-3-12(16)14(11)19-8-13(18)9-4-6-10(17)7-5-9/h1-7H,8H2. The Morgan fingerprint density at radius 3 is 2.21 bits per heavy atom. The molecule has 0 atom stereocenters. The summed E-state index contributed by atoms with van der Waals surface area (Å²) in [6.45, 7) is -0.404. The van der Waals surface area contributed by atoms with Gasteiger partial charge < -0.3 is 4.74 Å². The van der Waals surface area contributed by atoms with Crippen LogP contribution < -0.4 is 4.74 Å². The first-order valence-electron chi connectivity index (χ1n) is 5.43. The lowest BCUT2D eigenvalue weighted by Crippen LogP contribution is -2.13. The molecule has 98 valence electrons. The van der Waals surface area contributed by atoms with E-state index >= 15 is 0 Å². The third kappa shape index (κ3) is 3.50. The molecular weight excluding hydrogens is 365 g/mol. The van der Waals surface area contributed by atoms with Crippen LogP contribution in [-0.2, 0) is 0 Å². The summed E-state index contributed by atoms with van der Waals surface area (Å²) in [5, 5.41) is 0. The predicted molar refractivity (Wildman–Crippen MR) is 75.3 cm³/mol. The number of para-hydroxylation sites is 1. The van der Waals surface area contributed by atoms with Crippen LogP contribution in [0.2, 0.25) is 0 Å². The molecule has 0 saturated carbocycles. The second-order valence-corrected chi connectivity index (χ2v) is 5.02. The molecule has 0 aliphatic heterocycles. The number of ketones is 1. The lowest BCUT2D eigenvalue weighted by atomic mass is 10.1. The van der Waals surface area contributed by atoms with Crippen molar-refractivity contribution in [2.75, 3.05) is 6.61 Å². The second kappa shape index (κ2) is 6.10. The molecule has 0 amide bonds. The van der Waals surface area contributed by atoms with E-state index in [1.807, 2.05) is 0 Å². The number of ether oxygens (including phenoxy) is 1. The average molecular weight is 374 g/mol. The molecule has 0 saturated heterocycles. The minimum atomic E-state index is -0.824. The molecular formula is C14H9F2IO2. The molecule has 0 radical (unpaired) electrons. The van der Waals surface area contributed by atoms with Crippen LogP contribution in [0.1, 0.15) is 10.4 Å². The molecule has 2 nitrogen and oxygen atoms in total. The molecule has 19 heavy (non-hydrogen) atoms. The van der Waals surface area contributed by atoms with Gasteiger partial charge in [-0.2, -0.15) is 0 Å². The van der Waals surface area contributed by atoms with Crippen LogP contribution in [0.5, 0.6) is 5.75 Å². The topological polar surface area (TPSA) is 26.3 Å². The summed E-state index contributed by atoms with van der Waals surface area (Å²) in [6.07, 6.45) is 0. The Morgan fingerprint density at radius 2 is 1.63 bits per heavy atom. The maximum Gasteiger partial charge on any atom is 0.200 e. The van der Waals surface area contributed by atoms with Gasteiger partial charge in [0.1, 0.15) is 0 Å². The molecule has 2 aromatic rings. The van der Waals surface area contributed by atoms with Crippen molar-refractivity contribution < 1.29 is 18.3 Å². The molecule has 0 spiro atoms. The highest BCUT2D eigenvalue weighted by Crippen LogP contribution is 2.21. The minimum Gasteiger partial charge on any atom is -0.479 e. The Hall–Kier alpha value is -1.50. The number of carbonyl (C=O) groups excluding carboxylic acids is 1. The first-order chi connectivity index (χ1) is 9.08. The van der Waals surface area contributed by atoms with Crippen LogP contribution in [-0.4, -0.2) is 12.4 Å². The van der Waals surface area contributed by atoms with Crippen LogP contribution in [0.25, 0.3) is 0 Å². The van der Waals surface area contributed by atoms with E-state index in [1.54, 1.807) is 24.3 Å². The van der Waals surface area contributed by atoms with Gasteiger partial charge >= 0.3 is 0 Å². The number of Topliss-reactive ketones (excluding diaryl/α,β-unsaturated/α-hetero) is 1. The Kier molecular flexibility index (Phi) is 4.47. The number of benzene rings is 2. The van der Waals surface area contributed by atoms with Gasteiger partial charge in [-0.1, -0.05) is 18.2 Å². The Bertz CT molecular complexity index is 577. The average Bonchev–Trinajstić information content (AvgIpc) is 2.38. The van der Waals surface area contributed by atoms with Crippen molar-refractivity contribution in [1.82, 2.24) is 0 Å². The van der Waals surface area contributed by atoms with Crippen LogP contribution in [0.4, 0.5) is 8.78 Å². The van der Waals surface area contributed by atoms with E-state index in [0.717, 1.165) is 15.7 Å². The maximum atomic E-state index is 13.3. The highest BCUT2D eigenvalue weighted by atomic mass is 127. The normalized spacial score (nSPS) is 10.3. The van der Waals surface area contributed by atoms with E-state index in [2.05, 4.69) is 22.6 Å². The van der Waals surface area contributed by atoms with Gasteiger partial charge in [-0.25, -0.2) is 8.78 Å². The number of hydrogen-bond acceptors (Lipinski definition) is 2. The quantitative estimate of drug-likeness (QED) is 0.601. The highest BCUT2D eigenvalue weighted by Gasteiger charge is 2.12. The smallest absolute Gasteiger partial charge is 0.200 e. The molecule has 2 rings (SSSR count). The van der Waals surface area contributed by atoms with Crippen molar-refractivity contribution >= 4 is 28.4 Å². The number of halogens is 3. The largest absolute Gasteiger partial charge is 0.479 e. The van der Waals surface area contributed by atoms with Gasteiger partial charge in [0.25, 0.3) is 0 Å². The van der Waals surface area contributed by atoms with E-state index in [4.69, 9.17) is 4.74 Å². The summed E-state index contributed by atoms with van der Waals surface area (Å²) in [7, 11) is 0. The van der Waals surface area contributed by atoms with Crippen LogP contribution in [0.3, 0.4) is 0 Å². The third-order valence-electron chi connectivity index (χ3n) is 2.43. The fraction of sp³-hybridized carbons (Fsp3) is 0.0714. The summed E-state index contributed by atoms with van der Waals surface area (Å²) in [5.41, 5.74) is 0.442. The molecule has 0 bridgehead atoms. The van der Waals surface area contributed by atoms with Crippen molar-refractivity contribution in [3.63, 3.8) is 0 Å². The zero-order chi connectivity index (χ0) is 13.8. The van der Waals surface area contributed by atoms with Gasteiger partial charge in [0.05, 0.1) is 0 Å². The van der Waals surface area contributed by atoms with Crippen molar-refractivity contribution in [2.45, 2.75) is 0 Å². The van der Waals surface area contributed by atoms with Gasteiger partial charge in [-0.3, -0.25) is 4.79 Å². The molecule has 0 fully saturated rings. The minimum absolute atomic E-state index is 0.334. The van der Waals surface area contributed by atoms with Crippen LogP contribution in [0.15, 0.2) is 42.5 Å². The molecule has 2 aromatic carbocycles. The van der Waals surface area contributed by atoms with E-state index in [9.17, 15) is 13.6 Å². The Morgan fingerprint density at radius 1 is 1.05 bits per heavy atom. The SMILES string of the molecule is O=C(COc1c(F)cccc1F)c1ccc(I)cc1. The van der Waals surface area contributed by atoms with Gasteiger partial charge in [-0.05, 0) is 46.9 Å². The van der Waals surface area contributed by atoms with Gasteiger partial charge in [0.2, 0.25) is 0 Å². The zero-order valence-electron chi connectivity index (χ0n) is 9.70. The van der Waals surface area contributed by atoms with E-state index < -0.39 is 24.0 Å². The monoisotopic (exact) mass is 374 g/mol. The van der Waals surface area contributed by atoms with Crippen LogP contribution >= 0.6 is 22.6 Å². The van der Waals surface area contributed by atoms with Gasteiger partial charge in [-0.15, -0.1) is 0 Å². The van der Waals surface area contributed by atoms with Crippen LogP contribution in [0, 0.1) is 15.2 Å². The van der Waals surface area contributed by atoms with Crippen molar-refractivity contribution in [3.8, 4) is 5.75 Å². The lowest BCUT2D eigenvalue weighted by molar-refractivity contribution is 0.0915. The van der Waals surface area contributed by atoms with Crippen molar-refractivity contribution in [2.24, 2.45) is 0 Å². The lowest BCUT2D eigenvalue weighted by Gasteiger charge is -2.07. The molecule has 0 unspecified atom stereocenters. The first-order valence-corrected chi connectivity index (χ1v) is 6.51. The highest BCUT2D eigenvalue weighted by molar-refractivity contribution is 14.1. The summed E-state index contributed by atoms with van der Waals surface area (Å²) in [5.74, 6) is -2.51. The summed E-state index contributed by atoms with van der Waals surface area (Å²) < 4.78 is 32.5. The van der Waals surface area contributed by atoms with Crippen molar-refractivity contribution in [1.29, 1.82) is 0 Å². The molecule has 5 heteroatoms. The van der Waals surface area contributed by atoms with Crippen molar-refractivity contribution in [3.05, 3.63) is 63.2 Å². The molecule has 0 aromatic heterocycles. The van der Waals surface area contributed by atoms with Gasteiger partial charge in [0.15, 0.2) is 29.8 Å². The van der Waals surface area contributed by atoms with E-state index in [-0.39, 0.29) is 5.78 Å². The second-order valence-electron chi connectivity index (χ2n) is 3.77. The number of hydrogen-bond donors (Lipinski definition) is 0. The third-order valence-corrected chi connectivity index (χ3v) is 3.15. The molecule has 0 heterocycles. The molecule has 0 N–H and O–H groups in total. The summed E-state index contributed by atoms with van der Waals surface area (Å²) >= 11 is 2.12. The maximum absolute atomic E-state index is 13.3. The van der Waals surface area contributed by atoms with E-state index in [0.29, 0.717) is 5.56 Å². The Labute approximate surface area is 122 Å². The fourth-order valence-corrected chi connectivity index (χ4v) is 1.84. The molecule has 0 aliphatic carbocycles. The number of rotatable bonds is 4.